The average Bonchev–Trinajstić information content (AvgIpc) is 1.58. The number of thiophene rings is 3. The van der Waals surface area contributed by atoms with Gasteiger partial charge in [-0.3, -0.25) is 0 Å². The molecule has 624 valence electrons. The Morgan fingerprint density at radius 2 is 0.436 bits per heavy atom. The Kier molecular flexibility index (Phi) is 20.8. The summed E-state index contributed by atoms with van der Waals surface area (Å²) in [5.74, 6) is 0.706. The Hall–Kier alpha value is -16.1. The smallest absolute Gasteiger partial charge is 0.171 e. The number of rotatable bonds is 13. The SMILES string of the molecule is O=P(c1ccccc1)(c1ccccc1)c1ccc(-c2ccc(-c3nc4ccccc4c4c3sc3ccccc34)cc2)cc1.c1ccc(-c2ccc(-c3cc(-c4ccc(-c5nc6ccccc6c6c5sc5ccccc56)cc4)nc(-c4ccccc4)n3)cc2)cc1.c1ccc2cc(-c3ccc4cc(-c5ccc(-c6nc7ccccc7c7c6sc6ccccc67)cc5)ccc4c3)ccc2c1. The zero-order valence-electron chi connectivity index (χ0n) is 71.8. The van der Waals surface area contributed by atoms with Crippen molar-refractivity contribution in [2.75, 3.05) is 0 Å². The molecule has 26 rings (SSSR count). The summed E-state index contributed by atoms with van der Waals surface area (Å²) < 4.78 is 22.3. The van der Waals surface area contributed by atoms with E-state index in [4.69, 9.17) is 24.9 Å². The van der Waals surface area contributed by atoms with Crippen LogP contribution in [0.4, 0.5) is 0 Å². The van der Waals surface area contributed by atoms with Gasteiger partial charge in [-0.25, -0.2) is 24.9 Å². The molecular formula is C123H78N5OPS3. The van der Waals surface area contributed by atoms with E-state index in [1.165, 1.54) is 132 Å². The molecule has 0 N–H and O–H groups in total. The number of nitrogens with zero attached hydrogens (tertiary/aromatic N) is 5. The van der Waals surface area contributed by atoms with Gasteiger partial charge in [-0.2, -0.15) is 0 Å². The van der Waals surface area contributed by atoms with E-state index in [0.717, 1.165) is 105 Å². The number of aromatic nitrogens is 5. The Labute approximate surface area is 780 Å². The fourth-order valence-electron chi connectivity index (χ4n) is 18.8. The molecule has 0 atom stereocenters. The van der Waals surface area contributed by atoms with Crippen LogP contribution in [0.5, 0.6) is 0 Å². The number of hydrogen-bond donors (Lipinski definition) is 0. The number of benzene rings is 19. The highest BCUT2D eigenvalue weighted by molar-refractivity contribution is 7.85. The second-order valence-corrected chi connectivity index (χ2v) is 39.4. The van der Waals surface area contributed by atoms with Crippen LogP contribution in [0.15, 0.2) is 473 Å². The predicted molar refractivity (Wildman–Crippen MR) is 568 cm³/mol. The minimum absolute atomic E-state index is 0.706. The highest BCUT2D eigenvalue weighted by Gasteiger charge is 2.30. The van der Waals surface area contributed by atoms with Gasteiger partial charge in [0, 0.05) is 112 Å². The van der Waals surface area contributed by atoms with Gasteiger partial charge in [-0.05, 0) is 127 Å². The molecule has 7 heterocycles. The van der Waals surface area contributed by atoms with Crippen molar-refractivity contribution in [3.05, 3.63) is 473 Å². The summed E-state index contributed by atoms with van der Waals surface area (Å²) in [5, 5.41) is 18.9. The maximum absolute atomic E-state index is 14.7. The Balaban J connectivity index is 0.000000110. The highest BCUT2D eigenvalue weighted by Crippen LogP contribution is 2.49. The first-order valence-electron chi connectivity index (χ1n) is 44.6. The molecule has 0 aliphatic carbocycles. The third-order valence-corrected chi connectivity index (χ3v) is 32.1. The summed E-state index contributed by atoms with van der Waals surface area (Å²) >= 11 is 5.46. The van der Waals surface area contributed by atoms with Gasteiger partial charge in [-0.15, -0.1) is 34.0 Å². The molecule has 0 saturated heterocycles. The van der Waals surface area contributed by atoms with Crippen LogP contribution < -0.4 is 15.9 Å². The highest BCUT2D eigenvalue weighted by atomic mass is 32.1. The Bertz CT molecular complexity index is 8960. The molecule has 6 nitrogen and oxygen atoms in total. The summed E-state index contributed by atoms with van der Waals surface area (Å²) in [4.78, 5) is 25.6. The van der Waals surface area contributed by atoms with Crippen molar-refractivity contribution in [1.82, 2.24) is 24.9 Å². The van der Waals surface area contributed by atoms with Gasteiger partial charge in [-0.1, -0.05) is 413 Å². The van der Waals surface area contributed by atoms with Crippen LogP contribution in [0, 0.1) is 0 Å². The third-order valence-electron chi connectivity index (χ3n) is 25.5. The van der Waals surface area contributed by atoms with Crippen molar-refractivity contribution in [1.29, 1.82) is 0 Å². The topological polar surface area (TPSA) is 81.5 Å². The summed E-state index contributed by atoms with van der Waals surface area (Å²) in [6.45, 7) is 0. The van der Waals surface area contributed by atoms with Gasteiger partial charge in [0.15, 0.2) is 13.0 Å². The molecule has 0 aliphatic rings. The lowest BCUT2D eigenvalue weighted by molar-refractivity contribution is 0.592. The maximum Gasteiger partial charge on any atom is 0.171 e. The zero-order valence-corrected chi connectivity index (χ0v) is 75.2. The summed E-state index contributed by atoms with van der Waals surface area (Å²) in [6, 6.07) is 166. The van der Waals surface area contributed by atoms with Crippen molar-refractivity contribution in [3.63, 3.8) is 0 Å². The lowest BCUT2D eigenvalue weighted by Crippen LogP contribution is -2.24. The summed E-state index contributed by atoms with van der Waals surface area (Å²) in [6.07, 6.45) is 0. The molecule has 0 bridgehead atoms. The number of pyridine rings is 3. The maximum atomic E-state index is 14.7. The van der Waals surface area contributed by atoms with Crippen molar-refractivity contribution < 1.29 is 4.57 Å². The average molecular weight is 1770 g/mol. The molecule has 10 heteroatoms. The van der Waals surface area contributed by atoms with E-state index in [2.05, 4.69) is 376 Å². The first-order chi connectivity index (χ1) is 65.8. The molecule has 7 aromatic heterocycles. The molecule has 26 aromatic rings. The van der Waals surface area contributed by atoms with Crippen LogP contribution in [-0.4, -0.2) is 24.9 Å². The van der Waals surface area contributed by atoms with E-state index in [9.17, 15) is 4.57 Å². The van der Waals surface area contributed by atoms with E-state index in [0.29, 0.717) is 5.82 Å². The predicted octanol–water partition coefficient (Wildman–Crippen LogP) is 33.2. The molecule has 0 saturated carbocycles. The molecule has 0 amide bonds. The third kappa shape index (κ3) is 15.1. The first kappa shape index (κ1) is 80.2. The van der Waals surface area contributed by atoms with E-state index in [1.807, 2.05) is 131 Å². The van der Waals surface area contributed by atoms with Crippen molar-refractivity contribution in [2.45, 2.75) is 0 Å². The van der Waals surface area contributed by atoms with E-state index in [-0.39, 0.29) is 0 Å². The van der Waals surface area contributed by atoms with Gasteiger partial charge in [0.1, 0.15) is 0 Å². The molecule has 0 spiro atoms. The van der Waals surface area contributed by atoms with Crippen LogP contribution in [0.1, 0.15) is 0 Å². The van der Waals surface area contributed by atoms with E-state index in [1.54, 1.807) is 0 Å². The van der Waals surface area contributed by atoms with Crippen molar-refractivity contribution in [2.24, 2.45) is 0 Å². The quantitative estimate of drug-likeness (QED) is 0.107. The summed E-state index contributed by atoms with van der Waals surface area (Å²) in [7, 11) is -3.00. The van der Waals surface area contributed by atoms with Gasteiger partial charge in [0.25, 0.3) is 0 Å². The minimum Gasteiger partial charge on any atom is -0.309 e. The van der Waals surface area contributed by atoms with E-state index >= 15 is 0 Å². The summed E-state index contributed by atoms with van der Waals surface area (Å²) in [5.41, 5.74) is 23.8. The molecular weight excluding hydrogens is 1690 g/mol. The monoisotopic (exact) mass is 1770 g/mol. The molecule has 0 aliphatic heterocycles. The Morgan fingerprint density at radius 3 is 0.827 bits per heavy atom. The number of hydrogen-bond acceptors (Lipinski definition) is 9. The second kappa shape index (κ2) is 34.4. The number of fused-ring (bicyclic) bond motifs is 17. The molecule has 0 radical (unpaired) electrons. The van der Waals surface area contributed by atoms with Crippen LogP contribution in [0.2, 0.25) is 0 Å². The van der Waals surface area contributed by atoms with Crippen LogP contribution in [0.25, 0.3) is 227 Å². The lowest BCUT2D eigenvalue weighted by Gasteiger charge is -2.20. The fraction of sp³-hybridized carbons (Fsp3) is 0. The minimum atomic E-state index is -3.00. The van der Waals surface area contributed by atoms with Crippen LogP contribution in [-0.2, 0) is 4.57 Å². The van der Waals surface area contributed by atoms with Gasteiger partial charge in [0.05, 0.1) is 59.1 Å². The molecule has 0 fully saturated rings. The molecule has 19 aromatic carbocycles. The van der Waals surface area contributed by atoms with Crippen molar-refractivity contribution in [3.8, 4) is 112 Å². The zero-order chi connectivity index (χ0) is 88.3. The van der Waals surface area contributed by atoms with Gasteiger partial charge in [0.2, 0.25) is 0 Å². The van der Waals surface area contributed by atoms with Crippen LogP contribution in [0.3, 0.4) is 0 Å². The van der Waals surface area contributed by atoms with Crippen LogP contribution >= 0.6 is 41.2 Å². The molecule has 0 unspecified atom stereocenters. The Morgan fingerprint density at radius 1 is 0.180 bits per heavy atom. The van der Waals surface area contributed by atoms with Gasteiger partial charge >= 0.3 is 0 Å². The standard InChI is InChI=1S/C43H27N3S.C41H25NS.C39H26NOPS/c1-3-11-28(12-4-1)29-19-21-30(22-20-29)37-27-38(46-43(45-37)33-13-5-2-6-14-33)31-23-25-32(26-24-31)41-42-40(34-15-7-9-17-36(34)44-41)35-16-8-10-18-39(35)47-42;1-2-8-29-23-31(18-15-26(29)7-1)34-22-21-32-24-30(19-20-33(32)25-34)27-13-16-28(17-14-27)40-41-39(35-9-3-5-11-37(35)42-40)36-10-4-6-12-38(36)43-41;41-42(30-11-3-1-4-12-30,31-13-5-2-6-14-31)32-25-23-28(24-26-32)27-19-21-29(22-20-27)38-39-37(33-15-7-9-17-35(33)40-38)34-16-8-10-18-36(34)43-39/h1-27H;1-25H;1-26H. The fourth-order valence-corrected chi connectivity index (χ4v) is 25.1. The number of para-hydroxylation sites is 3. The van der Waals surface area contributed by atoms with Crippen molar-refractivity contribution >= 4 is 172 Å². The van der Waals surface area contributed by atoms with Gasteiger partial charge < -0.3 is 4.57 Å². The second-order valence-electron chi connectivity index (χ2n) is 33.5. The first-order valence-corrected chi connectivity index (χ1v) is 48.8. The molecule has 133 heavy (non-hydrogen) atoms. The normalized spacial score (nSPS) is 11.6. The van der Waals surface area contributed by atoms with E-state index < -0.39 is 7.14 Å². The lowest BCUT2D eigenvalue weighted by atomic mass is 9.96. The largest absolute Gasteiger partial charge is 0.309 e.